The number of rotatable bonds is 4. The predicted octanol–water partition coefficient (Wildman–Crippen LogP) is 3.05. The van der Waals surface area contributed by atoms with E-state index in [2.05, 4.69) is 36.3 Å². The molecule has 2 aromatic rings. The van der Waals surface area contributed by atoms with Gasteiger partial charge in [-0.1, -0.05) is 0 Å². The SMILES string of the molecule is Cc1nn(C(C)(C)C)cc1C(C)NC(=O)c1cn(C)nc1C1CC1. The van der Waals surface area contributed by atoms with Crippen molar-refractivity contribution in [1.29, 1.82) is 0 Å². The van der Waals surface area contributed by atoms with Gasteiger partial charge >= 0.3 is 0 Å². The molecule has 0 saturated heterocycles. The summed E-state index contributed by atoms with van der Waals surface area (Å²) in [5.41, 5.74) is 3.56. The van der Waals surface area contributed by atoms with Crippen LogP contribution in [-0.4, -0.2) is 25.5 Å². The zero-order valence-corrected chi connectivity index (χ0v) is 15.4. The minimum absolute atomic E-state index is 0.0552. The molecule has 2 aromatic heterocycles. The van der Waals surface area contributed by atoms with E-state index in [-0.39, 0.29) is 17.5 Å². The minimum atomic E-state index is -0.0964. The number of carbonyl (C=O) groups excluding carboxylic acids is 1. The van der Waals surface area contributed by atoms with Crippen molar-refractivity contribution >= 4 is 5.91 Å². The molecule has 1 saturated carbocycles. The van der Waals surface area contributed by atoms with Crippen LogP contribution in [0.5, 0.6) is 0 Å². The number of amides is 1. The Morgan fingerprint density at radius 1 is 1.29 bits per heavy atom. The van der Waals surface area contributed by atoms with E-state index < -0.39 is 0 Å². The van der Waals surface area contributed by atoms with E-state index in [0.29, 0.717) is 11.5 Å². The normalized spacial score (nSPS) is 16.2. The number of carbonyl (C=O) groups is 1. The van der Waals surface area contributed by atoms with E-state index in [1.165, 1.54) is 0 Å². The first-order chi connectivity index (χ1) is 11.2. The predicted molar refractivity (Wildman–Crippen MR) is 93.0 cm³/mol. The average molecular weight is 329 g/mol. The van der Waals surface area contributed by atoms with Crippen LogP contribution in [0.25, 0.3) is 0 Å². The van der Waals surface area contributed by atoms with Crippen molar-refractivity contribution in [1.82, 2.24) is 24.9 Å². The third kappa shape index (κ3) is 3.23. The van der Waals surface area contributed by atoms with E-state index in [4.69, 9.17) is 0 Å². The number of nitrogens with zero attached hydrogens (tertiary/aromatic N) is 4. The molecule has 2 heterocycles. The van der Waals surface area contributed by atoms with Crippen molar-refractivity contribution < 1.29 is 4.79 Å². The lowest BCUT2D eigenvalue weighted by atomic mass is 10.1. The highest BCUT2D eigenvalue weighted by molar-refractivity contribution is 5.95. The summed E-state index contributed by atoms with van der Waals surface area (Å²) in [6, 6.07) is -0.0964. The first kappa shape index (κ1) is 16.7. The van der Waals surface area contributed by atoms with Crippen LogP contribution in [0, 0.1) is 6.92 Å². The zero-order chi connectivity index (χ0) is 17.6. The average Bonchev–Trinajstić information content (AvgIpc) is 3.12. The second-order valence-corrected chi connectivity index (χ2v) is 7.86. The summed E-state index contributed by atoms with van der Waals surface area (Å²) in [6.07, 6.45) is 6.11. The molecule has 0 radical (unpaired) electrons. The number of hydrogen-bond donors (Lipinski definition) is 1. The summed E-state index contributed by atoms with van der Waals surface area (Å²) in [4.78, 5) is 12.7. The van der Waals surface area contributed by atoms with Gasteiger partial charge in [0.2, 0.25) is 0 Å². The lowest BCUT2D eigenvalue weighted by Gasteiger charge is -2.19. The Kier molecular flexibility index (Phi) is 4.01. The molecule has 0 spiro atoms. The van der Waals surface area contributed by atoms with Gasteiger partial charge in [0, 0.05) is 30.9 Å². The van der Waals surface area contributed by atoms with E-state index in [0.717, 1.165) is 29.8 Å². The summed E-state index contributed by atoms with van der Waals surface area (Å²) < 4.78 is 3.69. The maximum atomic E-state index is 12.7. The van der Waals surface area contributed by atoms with Crippen LogP contribution < -0.4 is 5.32 Å². The maximum Gasteiger partial charge on any atom is 0.255 e. The van der Waals surface area contributed by atoms with E-state index in [1.54, 1.807) is 4.68 Å². The third-order valence-electron chi connectivity index (χ3n) is 4.50. The number of hydrogen-bond acceptors (Lipinski definition) is 3. The van der Waals surface area contributed by atoms with Crippen molar-refractivity contribution in [3.05, 3.63) is 34.9 Å². The smallest absolute Gasteiger partial charge is 0.255 e. The third-order valence-corrected chi connectivity index (χ3v) is 4.50. The fraction of sp³-hybridized carbons (Fsp3) is 0.611. The largest absolute Gasteiger partial charge is 0.345 e. The highest BCUT2D eigenvalue weighted by atomic mass is 16.1. The Morgan fingerprint density at radius 3 is 2.50 bits per heavy atom. The Labute approximate surface area is 143 Å². The van der Waals surface area contributed by atoms with Crippen molar-refractivity contribution in [2.75, 3.05) is 0 Å². The highest BCUT2D eigenvalue weighted by Gasteiger charge is 2.31. The standard InChI is InChI=1S/C18H27N5O/c1-11(14-10-23(18(3,4)5)20-12(14)2)19-17(24)15-9-22(6)21-16(15)13-7-8-13/h9-11,13H,7-8H2,1-6H3,(H,19,24). The molecule has 6 heteroatoms. The second-order valence-electron chi connectivity index (χ2n) is 7.86. The molecule has 1 amide bonds. The van der Waals surface area contributed by atoms with Gasteiger partial charge in [-0.3, -0.25) is 14.2 Å². The Morgan fingerprint density at radius 2 is 1.96 bits per heavy atom. The molecule has 1 atom stereocenters. The second kappa shape index (κ2) is 5.76. The van der Waals surface area contributed by atoms with Crippen LogP contribution in [-0.2, 0) is 12.6 Å². The van der Waals surface area contributed by atoms with Gasteiger partial charge in [-0.05, 0) is 47.5 Å². The van der Waals surface area contributed by atoms with Gasteiger partial charge in [-0.25, -0.2) is 0 Å². The molecule has 1 N–H and O–H groups in total. The summed E-state index contributed by atoms with van der Waals surface area (Å²) >= 11 is 0. The molecule has 6 nitrogen and oxygen atoms in total. The minimum Gasteiger partial charge on any atom is -0.345 e. The Hall–Kier alpha value is -2.11. The van der Waals surface area contributed by atoms with Crippen LogP contribution in [0.2, 0.25) is 0 Å². The number of aromatic nitrogens is 4. The molecule has 130 valence electrons. The van der Waals surface area contributed by atoms with Gasteiger partial charge in [0.1, 0.15) is 0 Å². The van der Waals surface area contributed by atoms with Gasteiger partial charge in [0.15, 0.2) is 0 Å². The summed E-state index contributed by atoms with van der Waals surface area (Å²) in [6.45, 7) is 10.3. The van der Waals surface area contributed by atoms with Gasteiger partial charge in [-0.2, -0.15) is 10.2 Å². The molecule has 0 aromatic carbocycles. The first-order valence-electron chi connectivity index (χ1n) is 8.58. The molecule has 1 aliphatic rings. The Balaban J connectivity index is 1.79. The molecule has 24 heavy (non-hydrogen) atoms. The molecule has 0 bridgehead atoms. The van der Waals surface area contributed by atoms with Gasteiger partial charge in [0.05, 0.1) is 28.5 Å². The van der Waals surface area contributed by atoms with E-state index in [1.807, 2.05) is 38.0 Å². The van der Waals surface area contributed by atoms with Crippen LogP contribution in [0.3, 0.4) is 0 Å². The lowest BCUT2D eigenvalue weighted by molar-refractivity contribution is 0.0938. The summed E-state index contributed by atoms with van der Waals surface area (Å²) in [7, 11) is 1.86. The van der Waals surface area contributed by atoms with Gasteiger partial charge < -0.3 is 5.32 Å². The van der Waals surface area contributed by atoms with E-state index in [9.17, 15) is 4.79 Å². The van der Waals surface area contributed by atoms with Crippen LogP contribution in [0.1, 0.15) is 79.8 Å². The van der Waals surface area contributed by atoms with Crippen molar-refractivity contribution in [3.63, 3.8) is 0 Å². The molecular weight excluding hydrogens is 302 g/mol. The molecule has 3 rings (SSSR count). The highest BCUT2D eigenvalue weighted by Crippen LogP contribution is 2.40. The van der Waals surface area contributed by atoms with Crippen LogP contribution in [0.4, 0.5) is 0 Å². The van der Waals surface area contributed by atoms with Crippen molar-refractivity contribution in [2.45, 2.75) is 65.0 Å². The zero-order valence-electron chi connectivity index (χ0n) is 15.4. The summed E-state index contributed by atoms with van der Waals surface area (Å²) in [5.74, 6) is 0.396. The van der Waals surface area contributed by atoms with Crippen molar-refractivity contribution in [3.8, 4) is 0 Å². The van der Waals surface area contributed by atoms with E-state index >= 15 is 0 Å². The number of nitrogens with one attached hydrogen (secondary N) is 1. The molecule has 0 aliphatic heterocycles. The topological polar surface area (TPSA) is 64.7 Å². The van der Waals surface area contributed by atoms with Crippen LogP contribution >= 0.6 is 0 Å². The maximum absolute atomic E-state index is 12.7. The fourth-order valence-corrected chi connectivity index (χ4v) is 2.93. The van der Waals surface area contributed by atoms with Gasteiger partial charge in [-0.15, -0.1) is 0 Å². The van der Waals surface area contributed by atoms with Crippen LogP contribution in [0.15, 0.2) is 12.4 Å². The number of aryl methyl sites for hydroxylation is 2. The monoisotopic (exact) mass is 329 g/mol. The molecular formula is C18H27N5O. The molecule has 1 fully saturated rings. The molecule has 1 aliphatic carbocycles. The first-order valence-corrected chi connectivity index (χ1v) is 8.58. The van der Waals surface area contributed by atoms with Gasteiger partial charge in [0.25, 0.3) is 5.91 Å². The van der Waals surface area contributed by atoms with Crippen molar-refractivity contribution in [2.24, 2.45) is 7.05 Å². The molecule has 1 unspecified atom stereocenters. The summed E-state index contributed by atoms with van der Waals surface area (Å²) in [5, 5.41) is 12.2. The fourth-order valence-electron chi connectivity index (χ4n) is 2.93. The quantitative estimate of drug-likeness (QED) is 0.937. The lowest BCUT2D eigenvalue weighted by Crippen LogP contribution is -2.27. The Bertz CT molecular complexity index is 761.